The van der Waals surface area contributed by atoms with Gasteiger partial charge < -0.3 is 21.1 Å². The number of carboxylic acids is 1. The van der Waals surface area contributed by atoms with Crippen LogP contribution in [0.25, 0.3) is 0 Å². The third-order valence-electron chi connectivity index (χ3n) is 3.43. The number of hydrogen-bond acceptors (Lipinski definition) is 5. The third kappa shape index (κ3) is 2.53. The molecule has 21 heavy (non-hydrogen) atoms. The molecule has 112 valence electrons. The highest BCUT2D eigenvalue weighted by Gasteiger charge is 2.50. The Morgan fingerprint density at radius 2 is 2.10 bits per heavy atom. The minimum absolute atomic E-state index is 0. The van der Waals surface area contributed by atoms with E-state index in [-0.39, 0.29) is 22.5 Å². The van der Waals surface area contributed by atoms with E-state index in [2.05, 4.69) is 0 Å². The van der Waals surface area contributed by atoms with E-state index < -0.39 is 12.0 Å². The van der Waals surface area contributed by atoms with Crippen molar-refractivity contribution in [1.82, 2.24) is 4.90 Å². The molecule has 3 heterocycles. The number of aliphatic carboxylic acids is 1. The van der Waals surface area contributed by atoms with Gasteiger partial charge in [-0.3, -0.25) is 9.69 Å². The van der Waals surface area contributed by atoms with Crippen LogP contribution in [0.2, 0.25) is 0 Å². The molecule has 7 nitrogen and oxygen atoms in total. The average molecular weight is 309 g/mol. The molecule has 1 aromatic heterocycles. The van der Waals surface area contributed by atoms with Gasteiger partial charge >= 0.3 is 0 Å². The summed E-state index contributed by atoms with van der Waals surface area (Å²) >= 11 is 1.49. The van der Waals surface area contributed by atoms with E-state index in [1.165, 1.54) is 16.7 Å². The van der Waals surface area contributed by atoms with Crippen molar-refractivity contribution in [1.29, 1.82) is 0 Å². The van der Waals surface area contributed by atoms with Crippen molar-refractivity contribution in [3.8, 4) is 0 Å². The van der Waals surface area contributed by atoms with Gasteiger partial charge in [-0.2, -0.15) is 0 Å². The van der Waals surface area contributed by atoms with Crippen LogP contribution in [0.3, 0.4) is 0 Å². The molecule has 2 aliphatic rings. The molecule has 0 aromatic carbocycles. The summed E-state index contributed by atoms with van der Waals surface area (Å²) in [6.45, 7) is 0.420. The summed E-state index contributed by atoms with van der Waals surface area (Å²) in [6, 6.07) is 5.00. The minimum atomic E-state index is -1.32. The van der Waals surface area contributed by atoms with Crippen LogP contribution < -0.4 is 15.4 Å². The van der Waals surface area contributed by atoms with E-state index in [1.807, 2.05) is 35.2 Å². The van der Waals surface area contributed by atoms with Gasteiger partial charge in [0.2, 0.25) is 5.91 Å². The van der Waals surface area contributed by atoms with Crippen molar-refractivity contribution in [2.45, 2.75) is 18.0 Å². The van der Waals surface area contributed by atoms with Crippen LogP contribution in [0.5, 0.6) is 0 Å². The van der Waals surface area contributed by atoms with Crippen LogP contribution in [-0.4, -0.2) is 39.4 Å². The summed E-state index contributed by atoms with van der Waals surface area (Å²) in [4.78, 5) is 24.4. The fourth-order valence-electron chi connectivity index (χ4n) is 2.45. The van der Waals surface area contributed by atoms with E-state index in [1.54, 1.807) is 0 Å². The number of carbonyl (C=O) groups excluding carboxylic acids is 2. The lowest BCUT2D eigenvalue weighted by atomic mass is 10.0. The molecule has 1 fully saturated rings. The molecule has 2 aliphatic heterocycles. The second-order valence-corrected chi connectivity index (χ2v) is 5.83. The number of hydrogen-bond donors (Lipinski definition) is 1. The first kappa shape index (κ1) is 15.5. The van der Waals surface area contributed by atoms with Gasteiger partial charge in [0.1, 0.15) is 11.4 Å². The van der Waals surface area contributed by atoms with Gasteiger partial charge in [0.15, 0.2) is 18.9 Å². The first-order chi connectivity index (χ1) is 9.59. The van der Waals surface area contributed by atoms with Crippen molar-refractivity contribution >= 4 is 23.6 Å². The van der Waals surface area contributed by atoms with Gasteiger partial charge in [0.05, 0.1) is 11.7 Å². The van der Waals surface area contributed by atoms with Gasteiger partial charge in [0, 0.05) is 23.5 Å². The van der Waals surface area contributed by atoms with Crippen molar-refractivity contribution in [2.75, 3.05) is 5.75 Å². The molecule has 8 heteroatoms. The number of carbonyl (C=O) groups is 2. The van der Waals surface area contributed by atoms with Gasteiger partial charge in [-0.1, -0.05) is 6.07 Å². The number of rotatable bonds is 3. The summed E-state index contributed by atoms with van der Waals surface area (Å²) in [5.74, 6) is -1.13. The van der Waals surface area contributed by atoms with Crippen molar-refractivity contribution in [3.63, 3.8) is 0 Å². The maximum Gasteiger partial charge on any atom is 0.248 e. The first-order valence-electron chi connectivity index (χ1n) is 6.17. The molecular weight excluding hydrogens is 294 g/mol. The predicted molar refractivity (Wildman–Crippen MR) is 73.4 cm³/mol. The molecule has 1 aromatic rings. The van der Waals surface area contributed by atoms with Gasteiger partial charge in [-0.05, 0) is 0 Å². The van der Waals surface area contributed by atoms with Gasteiger partial charge in [-0.15, -0.1) is 11.8 Å². The number of β-lactam (4-membered cyclic amide) rings is 1. The first-order valence-corrected chi connectivity index (χ1v) is 7.22. The van der Waals surface area contributed by atoms with Crippen molar-refractivity contribution < 1.29 is 24.7 Å². The van der Waals surface area contributed by atoms with E-state index in [0.717, 1.165) is 0 Å². The van der Waals surface area contributed by atoms with E-state index in [4.69, 9.17) is 5.73 Å². The smallest absolute Gasteiger partial charge is 0.248 e. The fourth-order valence-corrected chi connectivity index (χ4v) is 3.73. The molecule has 0 unspecified atom stereocenters. The highest BCUT2D eigenvalue weighted by atomic mass is 32.2. The summed E-state index contributed by atoms with van der Waals surface area (Å²) in [5.41, 5.74) is 6.34. The third-order valence-corrected chi connectivity index (χ3v) is 4.79. The largest absolute Gasteiger partial charge is 0.543 e. The zero-order valence-electron chi connectivity index (χ0n) is 11.1. The topological polar surface area (TPSA) is 122 Å². The molecule has 0 spiro atoms. The molecule has 0 radical (unpaired) electrons. The fraction of sp³-hybridized carbons (Fsp3) is 0.308. The zero-order valence-corrected chi connectivity index (χ0v) is 11.9. The predicted octanol–water partition coefficient (Wildman–Crippen LogP) is -2.60. The molecule has 3 rings (SSSR count). The Morgan fingerprint density at radius 3 is 2.71 bits per heavy atom. The Morgan fingerprint density at radius 1 is 1.43 bits per heavy atom. The maximum atomic E-state index is 11.8. The average Bonchev–Trinajstić information content (AvgIpc) is 2.46. The quantitative estimate of drug-likeness (QED) is 0.484. The maximum absolute atomic E-state index is 11.8. The molecule has 4 N–H and O–H groups in total. The molecule has 0 aliphatic carbocycles. The molecule has 0 saturated carbocycles. The number of pyridine rings is 1. The van der Waals surface area contributed by atoms with Crippen LogP contribution in [0, 0.1) is 0 Å². The molecule has 1 saturated heterocycles. The standard InChI is InChI=1S/C13H13N3O3S.H2O/c14-9-11(17)16-10(13(18)19)8(7-20-12(9)16)6-15-4-2-1-3-5-15;/h1-5,9,12H,6-7,14H2;1H2/t9-,12-;/m1./s1. The van der Waals surface area contributed by atoms with Crippen LogP contribution in [0.4, 0.5) is 0 Å². The molecule has 1 amide bonds. The Kier molecular flexibility index (Phi) is 4.31. The number of thioether (sulfide) groups is 1. The number of aromatic nitrogens is 1. The minimum Gasteiger partial charge on any atom is -0.543 e. The molecule has 2 atom stereocenters. The second-order valence-electron chi connectivity index (χ2n) is 4.72. The zero-order chi connectivity index (χ0) is 14.3. The van der Waals surface area contributed by atoms with Crippen molar-refractivity contribution in [2.24, 2.45) is 5.73 Å². The Hall–Kier alpha value is -1.90. The van der Waals surface area contributed by atoms with Gasteiger partial charge in [0.25, 0.3) is 0 Å². The Balaban J connectivity index is 0.00000161. The normalized spacial score (nSPS) is 24.0. The number of nitrogens with two attached hydrogens (primary N) is 1. The molecular formula is C13H15N3O4S. The SMILES string of the molecule is N[C@@H]1C(=O)N2C(C(=O)[O-])=C(C[n+]3ccccc3)CS[C@H]12.O. The van der Waals surface area contributed by atoms with Gasteiger partial charge in [-0.25, -0.2) is 4.57 Å². The number of amides is 1. The summed E-state index contributed by atoms with van der Waals surface area (Å²) in [5, 5.41) is 11.1. The highest BCUT2D eigenvalue weighted by molar-refractivity contribution is 8.00. The van der Waals surface area contributed by atoms with Crippen LogP contribution in [-0.2, 0) is 16.1 Å². The van der Waals surface area contributed by atoms with E-state index >= 15 is 0 Å². The number of fused-ring (bicyclic) bond motifs is 1. The lowest BCUT2D eigenvalue weighted by Crippen LogP contribution is -2.69. The molecule has 0 bridgehead atoms. The van der Waals surface area contributed by atoms with Crippen LogP contribution in [0.1, 0.15) is 0 Å². The number of nitrogens with zero attached hydrogens (tertiary/aromatic N) is 2. The summed E-state index contributed by atoms with van der Waals surface area (Å²) in [7, 11) is 0. The van der Waals surface area contributed by atoms with E-state index in [0.29, 0.717) is 17.9 Å². The summed E-state index contributed by atoms with van der Waals surface area (Å²) in [6.07, 6.45) is 3.70. The summed E-state index contributed by atoms with van der Waals surface area (Å²) < 4.78 is 1.86. The van der Waals surface area contributed by atoms with Crippen LogP contribution in [0.15, 0.2) is 41.9 Å². The lowest BCUT2D eigenvalue weighted by Gasteiger charge is -2.49. The second kappa shape index (κ2) is 5.84. The van der Waals surface area contributed by atoms with E-state index in [9.17, 15) is 14.7 Å². The highest BCUT2D eigenvalue weighted by Crippen LogP contribution is 2.39. The van der Waals surface area contributed by atoms with Crippen molar-refractivity contribution in [3.05, 3.63) is 41.9 Å². The van der Waals surface area contributed by atoms with Crippen LogP contribution >= 0.6 is 11.8 Å². The lowest BCUT2D eigenvalue weighted by molar-refractivity contribution is -0.689. The monoisotopic (exact) mass is 309 g/mol. The number of carboxylic acid groups (broad SMARTS) is 1. The Labute approximate surface area is 125 Å². The Bertz CT molecular complexity index is 605.